The Morgan fingerprint density at radius 1 is 1.13 bits per heavy atom. The molecule has 0 spiro atoms. The molecule has 1 atom stereocenters. The molecule has 3 aromatic rings. The van der Waals surface area contributed by atoms with Crippen molar-refractivity contribution in [3.05, 3.63) is 69.0 Å². The maximum absolute atomic E-state index is 12.5. The Kier molecular flexibility index (Phi) is 8.75. The third kappa shape index (κ3) is 6.03. The van der Waals surface area contributed by atoms with Crippen LogP contribution in [-0.4, -0.2) is 57.3 Å². The van der Waals surface area contributed by atoms with Crippen molar-refractivity contribution in [3.8, 4) is 11.3 Å². The molecule has 0 amide bonds. The highest BCUT2D eigenvalue weighted by Crippen LogP contribution is 2.36. The average Bonchev–Trinajstić information content (AvgIpc) is 3.31. The summed E-state index contributed by atoms with van der Waals surface area (Å²) in [6, 6.07) is 7.31. The molecule has 3 N–H and O–H groups in total. The van der Waals surface area contributed by atoms with E-state index in [0.29, 0.717) is 17.6 Å². The summed E-state index contributed by atoms with van der Waals surface area (Å²) in [6.07, 6.45) is 7.55. The van der Waals surface area contributed by atoms with Crippen LogP contribution in [0.4, 0.5) is 5.69 Å². The van der Waals surface area contributed by atoms with Gasteiger partial charge in [0, 0.05) is 66.5 Å². The van der Waals surface area contributed by atoms with Crippen molar-refractivity contribution in [2.45, 2.75) is 78.2 Å². The predicted octanol–water partition coefficient (Wildman–Crippen LogP) is 4.18. The van der Waals surface area contributed by atoms with E-state index in [1.165, 1.54) is 12.8 Å². The van der Waals surface area contributed by atoms with Gasteiger partial charge in [-0.2, -0.15) is 0 Å². The molecule has 4 rings (SSSR count). The Bertz CT molecular complexity index is 1300. The summed E-state index contributed by atoms with van der Waals surface area (Å²) in [7, 11) is 6.32. The molecule has 1 fully saturated rings. The van der Waals surface area contributed by atoms with E-state index in [-0.39, 0.29) is 12.1 Å². The number of aryl methyl sites for hydroxylation is 3. The van der Waals surface area contributed by atoms with Crippen molar-refractivity contribution in [2.75, 3.05) is 25.5 Å². The molecule has 1 aliphatic carbocycles. The quantitative estimate of drug-likeness (QED) is 0.367. The van der Waals surface area contributed by atoms with Crippen molar-refractivity contribution in [2.24, 2.45) is 7.05 Å². The number of hydrogen-bond acceptors (Lipinski definition) is 6. The monoisotopic (exact) mass is 520 g/mol. The highest BCUT2D eigenvalue weighted by atomic mass is 16.3. The minimum atomic E-state index is -0.930. The molecule has 1 unspecified atom stereocenters. The van der Waals surface area contributed by atoms with Crippen LogP contribution in [0.5, 0.6) is 0 Å². The zero-order valence-corrected chi connectivity index (χ0v) is 24.0. The Hall–Kier alpha value is -2.94. The summed E-state index contributed by atoms with van der Waals surface area (Å²) in [5.41, 5.74) is 7.13. The smallest absolute Gasteiger partial charge is 0.252 e. The number of anilines is 1. The molecule has 0 saturated heterocycles. The zero-order valence-electron chi connectivity index (χ0n) is 24.0. The van der Waals surface area contributed by atoms with Crippen LogP contribution in [0.1, 0.15) is 66.8 Å². The van der Waals surface area contributed by atoms with Crippen molar-refractivity contribution < 1.29 is 5.11 Å². The van der Waals surface area contributed by atoms with E-state index in [0.717, 1.165) is 58.7 Å². The van der Waals surface area contributed by atoms with Gasteiger partial charge in [0.1, 0.15) is 6.23 Å². The molecular formula is C30H44N6O2. The van der Waals surface area contributed by atoms with Crippen LogP contribution in [0.2, 0.25) is 0 Å². The lowest BCUT2D eigenvalue weighted by Crippen LogP contribution is -2.42. The van der Waals surface area contributed by atoms with E-state index < -0.39 is 6.23 Å². The number of benzene rings is 1. The SMILES string of the molecule is CCN(c1cc(-c2cn(C)cn2)cc(C(O)NCc2c(C)cc(C)[nH]c2=O)c1C)C1CCC(N(C)C)CC1. The van der Waals surface area contributed by atoms with E-state index in [4.69, 9.17) is 0 Å². The lowest BCUT2D eigenvalue weighted by molar-refractivity contribution is 0.136. The average molecular weight is 521 g/mol. The molecule has 0 aliphatic heterocycles. The third-order valence-corrected chi connectivity index (χ3v) is 8.17. The van der Waals surface area contributed by atoms with Crippen LogP contribution in [0.15, 0.2) is 35.5 Å². The van der Waals surface area contributed by atoms with Gasteiger partial charge in [0.05, 0.1) is 12.0 Å². The van der Waals surface area contributed by atoms with Gasteiger partial charge >= 0.3 is 0 Å². The molecule has 206 valence electrons. The van der Waals surface area contributed by atoms with Gasteiger partial charge in [-0.15, -0.1) is 0 Å². The van der Waals surface area contributed by atoms with E-state index in [1.807, 2.05) is 43.8 Å². The van der Waals surface area contributed by atoms with E-state index in [2.05, 4.69) is 59.1 Å². The largest absolute Gasteiger partial charge is 0.374 e. The van der Waals surface area contributed by atoms with Gasteiger partial charge in [0.2, 0.25) is 0 Å². The van der Waals surface area contributed by atoms with Crippen molar-refractivity contribution in [1.29, 1.82) is 0 Å². The second-order valence-electron chi connectivity index (χ2n) is 11.1. The summed E-state index contributed by atoms with van der Waals surface area (Å²) in [5, 5.41) is 14.6. The standard InChI is InChI=1S/C30H44N6O2/c1-8-36(24-11-9-23(10-12-24)34(5)6)28-15-22(27-17-35(7)18-32-27)14-25(21(28)4)29(37)31-16-26-19(2)13-20(3)33-30(26)38/h13-15,17-18,23-24,29,31,37H,8-12,16H2,1-7H3,(H,33,38). The molecule has 38 heavy (non-hydrogen) atoms. The van der Waals surface area contributed by atoms with E-state index in [9.17, 15) is 9.90 Å². The lowest BCUT2D eigenvalue weighted by Gasteiger charge is -2.40. The second kappa shape index (κ2) is 11.8. The Labute approximate surface area is 226 Å². The first-order valence-corrected chi connectivity index (χ1v) is 13.8. The number of nitrogens with one attached hydrogen (secondary N) is 2. The Morgan fingerprint density at radius 3 is 2.39 bits per heavy atom. The summed E-state index contributed by atoms with van der Waals surface area (Å²) in [6.45, 7) is 9.28. The summed E-state index contributed by atoms with van der Waals surface area (Å²) >= 11 is 0. The summed E-state index contributed by atoms with van der Waals surface area (Å²) < 4.78 is 1.94. The van der Waals surface area contributed by atoms with Gasteiger partial charge in [0.25, 0.3) is 5.56 Å². The molecular weight excluding hydrogens is 476 g/mol. The predicted molar refractivity (Wildman–Crippen MR) is 154 cm³/mol. The molecule has 1 aromatic carbocycles. The highest BCUT2D eigenvalue weighted by molar-refractivity contribution is 5.70. The second-order valence-corrected chi connectivity index (χ2v) is 11.1. The topological polar surface area (TPSA) is 89.4 Å². The van der Waals surface area contributed by atoms with Gasteiger partial charge in [-0.05, 0) is 96.8 Å². The number of rotatable bonds is 9. The van der Waals surface area contributed by atoms with Crippen LogP contribution in [0.3, 0.4) is 0 Å². The normalized spacial score (nSPS) is 18.7. The minimum absolute atomic E-state index is 0.118. The fourth-order valence-corrected chi connectivity index (χ4v) is 5.93. The zero-order chi connectivity index (χ0) is 27.6. The molecule has 0 bridgehead atoms. The van der Waals surface area contributed by atoms with Crippen molar-refractivity contribution in [3.63, 3.8) is 0 Å². The van der Waals surface area contributed by atoms with Crippen molar-refractivity contribution in [1.82, 2.24) is 24.8 Å². The molecule has 2 heterocycles. The van der Waals surface area contributed by atoms with Crippen LogP contribution < -0.4 is 15.8 Å². The Balaban J connectivity index is 1.68. The maximum Gasteiger partial charge on any atom is 0.252 e. The van der Waals surface area contributed by atoms with Crippen LogP contribution >= 0.6 is 0 Å². The first kappa shape index (κ1) is 28.1. The number of pyridine rings is 1. The number of aliphatic hydroxyl groups excluding tert-OH is 1. The van der Waals surface area contributed by atoms with Crippen molar-refractivity contribution >= 4 is 5.69 Å². The van der Waals surface area contributed by atoms with Gasteiger partial charge in [-0.25, -0.2) is 4.98 Å². The van der Waals surface area contributed by atoms with Gasteiger partial charge < -0.3 is 24.5 Å². The number of nitrogens with zero attached hydrogens (tertiary/aromatic N) is 4. The van der Waals surface area contributed by atoms with E-state index in [1.54, 1.807) is 6.33 Å². The number of hydrogen-bond donors (Lipinski definition) is 3. The maximum atomic E-state index is 12.5. The molecule has 8 nitrogen and oxygen atoms in total. The lowest BCUT2D eigenvalue weighted by atomic mass is 9.88. The fraction of sp³-hybridized carbons (Fsp3) is 0.533. The van der Waals surface area contributed by atoms with Gasteiger partial charge in [0.15, 0.2) is 0 Å². The number of aromatic amines is 1. The van der Waals surface area contributed by atoms with Gasteiger partial charge in [-0.1, -0.05) is 0 Å². The number of aliphatic hydroxyl groups is 1. The van der Waals surface area contributed by atoms with Crippen LogP contribution in [0.25, 0.3) is 11.3 Å². The molecule has 1 saturated carbocycles. The summed E-state index contributed by atoms with van der Waals surface area (Å²) in [4.78, 5) is 24.9. The molecule has 0 radical (unpaired) electrons. The fourth-order valence-electron chi connectivity index (χ4n) is 5.93. The highest BCUT2D eigenvalue weighted by Gasteiger charge is 2.28. The molecule has 1 aliphatic rings. The molecule has 8 heteroatoms. The summed E-state index contributed by atoms with van der Waals surface area (Å²) in [5.74, 6) is 0. The minimum Gasteiger partial charge on any atom is -0.374 e. The number of imidazole rings is 1. The first-order chi connectivity index (χ1) is 18.1. The van der Waals surface area contributed by atoms with Crippen LogP contribution in [-0.2, 0) is 13.6 Å². The van der Waals surface area contributed by atoms with Gasteiger partial charge in [-0.3, -0.25) is 10.1 Å². The molecule has 2 aromatic heterocycles. The Morgan fingerprint density at radius 2 is 1.82 bits per heavy atom. The number of aromatic nitrogens is 3. The van der Waals surface area contributed by atoms with Crippen LogP contribution in [0, 0.1) is 20.8 Å². The third-order valence-electron chi connectivity index (χ3n) is 8.17. The first-order valence-electron chi connectivity index (χ1n) is 13.8. The van der Waals surface area contributed by atoms with E-state index >= 15 is 0 Å². The number of H-pyrrole nitrogens is 1.